The van der Waals surface area contributed by atoms with E-state index in [-0.39, 0.29) is 6.10 Å². The normalized spacial score (nSPS) is 15.7. The lowest BCUT2D eigenvalue weighted by atomic mass is 10.1. The van der Waals surface area contributed by atoms with Gasteiger partial charge in [-0.1, -0.05) is 6.92 Å². The summed E-state index contributed by atoms with van der Waals surface area (Å²) < 4.78 is 1.71. The van der Waals surface area contributed by atoms with Gasteiger partial charge in [-0.25, -0.2) is 4.98 Å². The summed E-state index contributed by atoms with van der Waals surface area (Å²) in [5.74, 6) is 1.46. The molecule has 7 heteroatoms. The van der Waals surface area contributed by atoms with Crippen LogP contribution in [0.15, 0.2) is 36.7 Å². The van der Waals surface area contributed by atoms with Crippen LogP contribution in [0, 0.1) is 0 Å². The highest BCUT2D eigenvalue weighted by Gasteiger charge is 2.17. The minimum absolute atomic E-state index is 0.151. The molecular formula is C18H22N6O. The highest BCUT2D eigenvalue weighted by atomic mass is 16.3. The summed E-state index contributed by atoms with van der Waals surface area (Å²) >= 11 is 0. The molecule has 1 fully saturated rings. The number of aliphatic hydroxyl groups excluding tert-OH is 1. The second-order valence-electron chi connectivity index (χ2n) is 6.35. The molecule has 1 aliphatic rings. The molecule has 1 aliphatic heterocycles. The molecule has 2 N–H and O–H groups in total. The maximum Gasteiger partial charge on any atom is 0.254 e. The van der Waals surface area contributed by atoms with Gasteiger partial charge in [0.2, 0.25) is 0 Å². The largest absolute Gasteiger partial charge is 0.393 e. The maximum absolute atomic E-state index is 9.64. The Hall–Kier alpha value is -2.67. The number of rotatable bonds is 4. The van der Waals surface area contributed by atoms with E-state index in [2.05, 4.69) is 56.5 Å². The van der Waals surface area contributed by atoms with Crippen molar-refractivity contribution in [2.45, 2.75) is 32.3 Å². The predicted molar refractivity (Wildman–Crippen MR) is 97.3 cm³/mol. The third-order valence-corrected chi connectivity index (χ3v) is 4.64. The number of fused-ring (bicyclic) bond motifs is 1. The first-order chi connectivity index (χ1) is 12.2. The summed E-state index contributed by atoms with van der Waals surface area (Å²) in [5.41, 5.74) is 3.16. The molecule has 0 radical (unpaired) electrons. The molecule has 0 spiro atoms. The van der Waals surface area contributed by atoms with Crippen LogP contribution in [0.2, 0.25) is 0 Å². The predicted octanol–water partition coefficient (Wildman–Crippen LogP) is 2.39. The van der Waals surface area contributed by atoms with E-state index in [0.29, 0.717) is 5.78 Å². The number of aromatic nitrogens is 4. The van der Waals surface area contributed by atoms with Crippen molar-refractivity contribution in [3.8, 4) is 0 Å². The van der Waals surface area contributed by atoms with Gasteiger partial charge in [-0.15, -0.1) is 0 Å². The van der Waals surface area contributed by atoms with E-state index in [9.17, 15) is 5.11 Å². The Bertz CT molecular complexity index is 852. The van der Waals surface area contributed by atoms with Crippen LogP contribution in [-0.4, -0.2) is 43.9 Å². The zero-order valence-corrected chi connectivity index (χ0v) is 14.3. The van der Waals surface area contributed by atoms with E-state index in [4.69, 9.17) is 0 Å². The molecule has 0 atom stereocenters. The van der Waals surface area contributed by atoms with Gasteiger partial charge in [-0.05, 0) is 43.5 Å². The van der Waals surface area contributed by atoms with Crippen LogP contribution in [0.1, 0.15) is 25.5 Å². The number of benzene rings is 1. The third-order valence-electron chi connectivity index (χ3n) is 4.64. The number of hydrogen-bond donors (Lipinski definition) is 2. The molecule has 0 saturated carbocycles. The monoisotopic (exact) mass is 338 g/mol. The van der Waals surface area contributed by atoms with Crippen LogP contribution in [0.3, 0.4) is 0 Å². The molecule has 25 heavy (non-hydrogen) atoms. The van der Waals surface area contributed by atoms with E-state index in [0.717, 1.165) is 49.6 Å². The number of nitrogens with one attached hydrogen (secondary N) is 1. The minimum Gasteiger partial charge on any atom is -0.393 e. The molecule has 130 valence electrons. The van der Waals surface area contributed by atoms with Crippen molar-refractivity contribution < 1.29 is 5.11 Å². The van der Waals surface area contributed by atoms with Crippen molar-refractivity contribution >= 4 is 23.0 Å². The van der Waals surface area contributed by atoms with E-state index in [1.165, 1.54) is 12.0 Å². The van der Waals surface area contributed by atoms with E-state index in [1.807, 2.05) is 6.07 Å². The zero-order chi connectivity index (χ0) is 17.2. The molecule has 0 aliphatic carbocycles. The number of nitrogens with zero attached hydrogens (tertiary/aromatic N) is 5. The van der Waals surface area contributed by atoms with Gasteiger partial charge < -0.3 is 15.3 Å². The Morgan fingerprint density at radius 2 is 1.96 bits per heavy atom. The van der Waals surface area contributed by atoms with Crippen molar-refractivity contribution in [2.75, 3.05) is 23.3 Å². The van der Waals surface area contributed by atoms with Crippen LogP contribution >= 0.6 is 0 Å². The Labute approximate surface area is 146 Å². The second-order valence-corrected chi connectivity index (χ2v) is 6.35. The molecule has 7 nitrogen and oxygen atoms in total. The molecule has 0 amide bonds. The Morgan fingerprint density at radius 1 is 1.20 bits per heavy atom. The summed E-state index contributed by atoms with van der Waals surface area (Å²) in [4.78, 5) is 11.0. The van der Waals surface area contributed by atoms with Crippen LogP contribution in [-0.2, 0) is 6.42 Å². The van der Waals surface area contributed by atoms with Crippen LogP contribution in [0.5, 0.6) is 0 Å². The summed E-state index contributed by atoms with van der Waals surface area (Å²) in [6.45, 7) is 3.87. The second kappa shape index (κ2) is 6.68. The van der Waals surface area contributed by atoms with Gasteiger partial charge in [-0.2, -0.15) is 14.6 Å². The van der Waals surface area contributed by atoms with E-state index >= 15 is 0 Å². The number of aliphatic hydroxyl groups is 1. The van der Waals surface area contributed by atoms with Gasteiger partial charge in [0.05, 0.1) is 6.10 Å². The molecule has 3 heterocycles. The summed E-state index contributed by atoms with van der Waals surface area (Å²) in [5, 5.41) is 17.3. The first-order valence-electron chi connectivity index (χ1n) is 8.72. The SMILES string of the molecule is CCc1cc(Nc2ccc(N3CCC(O)CC3)cc2)n2ncnc2n1. The lowest BCUT2D eigenvalue weighted by Gasteiger charge is -2.31. The summed E-state index contributed by atoms with van der Waals surface area (Å²) in [6, 6.07) is 10.4. The van der Waals surface area contributed by atoms with Crippen molar-refractivity contribution in [3.05, 3.63) is 42.4 Å². The van der Waals surface area contributed by atoms with Crippen molar-refractivity contribution in [1.29, 1.82) is 0 Å². The Balaban J connectivity index is 1.54. The van der Waals surface area contributed by atoms with Gasteiger partial charge >= 0.3 is 0 Å². The lowest BCUT2D eigenvalue weighted by Crippen LogP contribution is -2.35. The third kappa shape index (κ3) is 3.28. The molecule has 4 rings (SSSR count). The number of piperidine rings is 1. The fourth-order valence-corrected chi connectivity index (χ4v) is 3.16. The number of hydrogen-bond acceptors (Lipinski definition) is 6. The molecule has 1 aromatic carbocycles. The fraction of sp³-hybridized carbons (Fsp3) is 0.389. The minimum atomic E-state index is -0.151. The van der Waals surface area contributed by atoms with Gasteiger partial charge in [0.1, 0.15) is 12.1 Å². The van der Waals surface area contributed by atoms with E-state index < -0.39 is 0 Å². The van der Waals surface area contributed by atoms with Crippen molar-refractivity contribution in [3.63, 3.8) is 0 Å². The first kappa shape index (κ1) is 15.8. The smallest absolute Gasteiger partial charge is 0.254 e. The van der Waals surface area contributed by atoms with Gasteiger partial charge in [0.25, 0.3) is 5.78 Å². The van der Waals surface area contributed by atoms with Crippen LogP contribution in [0.25, 0.3) is 5.78 Å². The zero-order valence-electron chi connectivity index (χ0n) is 14.3. The summed E-state index contributed by atoms with van der Waals surface area (Å²) in [6.07, 6.45) is 3.88. The summed E-state index contributed by atoms with van der Waals surface area (Å²) in [7, 11) is 0. The topological polar surface area (TPSA) is 78.6 Å². The van der Waals surface area contributed by atoms with Gasteiger partial charge in [-0.3, -0.25) is 0 Å². The Kier molecular flexibility index (Phi) is 4.23. The first-order valence-corrected chi connectivity index (χ1v) is 8.72. The average Bonchev–Trinajstić information content (AvgIpc) is 3.12. The molecule has 1 saturated heterocycles. The molecule has 3 aromatic rings. The standard InChI is InChI=1S/C18H22N6O/c1-2-13-11-17(24-18(22-13)19-12-20-24)21-14-3-5-15(6-4-14)23-9-7-16(25)8-10-23/h3-6,11-12,16,21,25H,2,7-10H2,1H3. The fourth-order valence-electron chi connectivity index (χ4n) is 3.16. The molecular weight excluding hydrogens is 316 g/mol. The molecule has 0 unspecified atom stereocenters. The maximum atomic E-state index is 9.64. The average molecular weight is 338 g/mol. The number of aryl methyl sites for hydroxylation is 1. The molecule has 2 aromatic heterocycles. The van der Waals surface area contributed by atoms with Crippen molar-refractivity contribution in [1.82, 2.24) is 19.6 Å². The number of anilines is 3. The van der Waals surface area contributed by atoms with E-state index in [1.54, 1.807) is 4.52 Å². The Morgan fingerprint density at radius 3 is 2.68 bits per heavy atom. The van der Waals surface area contributed by atoms with Crippen LogP contribution in [0.4, 0.5) is 17.2 Å². The van der Waals surface area contributed by atoms with Gasteiger partial charge in [0.15, 0.2) is 0 Å². The van der Waals surface area contributed by atoms with Crippen molar-refractivity contribution in [2.24, 2.45) is 0 Å². The highest BCUT2D eigenvalue weighted by molar-refractivity contribution is 5.62. The lowest BCUT2D eigenvalue weighted by molar-refractivity contribution is 0.145. The quantitative estimate of drug-likeness (QED) is 0.760. The highest BCUT2D eigenvalue weighted by Crippen LogP contribution is 2.24. The molecule has 0 bridgehead atoms. The van der Waals surface area contributed by atoms with Crippen LogP contribution < -0.4 is 10.2 Å². The van der Waals surface area contributed by atoms with Gasteiger partial charge in [0, 0.05) is 36.2 Å².